The quantitative estimate of drug-likeness (QED) is 0.427. The summed E-state index contributed by atoms with van der Waals surface area (Å²) in [6, 6.07) is 3.36. The molecule has 13 heteroatoms. The van der Waals surface area contributed by atoms with E-state index in [1.165, 1.54) is 6.92 Å². The van der Waals surface area contributed by atoms with Gasteiger partial charge in [0.25, 0.3) is 5.91 Å². The second-order valence-electron chi connectivity index (χ2n) is 6.82. The van der Waals surface area contributed by atoms with Gasteiger partial charge in [0.2, 0.25) is 0 Å². The summed E-state index contributed by atoms with van der Waals surface area (Å²) in [5.41, 5.74) is -2.88. The zero-order valence-corrected chi connectivity index (χ0v) is 18.0. The van der Waals surface area contributed by atoms with Crippen molar-refractivity contribution in [1.82, 2.24) is 4.57 Å². The van der Waals surface area contributed by atoms with Gasteiger partial charge in [-0.05, 0) is 36.8 Å². The van der Waals surface area contributed by atoms with Crippen LogP contribution in [0.5, 0.6) is 0 Å². The van der Waals surface area contributed by atoms with Crippen LogP contribution in [0, 0.1) is 0 Å². The van der Waals surface area contributed by atoms with Crippen LogP contribution in [0.25, 0.3) is 10.2 Å². The molecule has 0 bridgehead atoms. The van der Waals surface area contributed by atoms with Gasteiger partial charge in [-0.3, -0.25) is 4.79 Å². The molecule has 0 fully saturated rings. The van der Waals surface area contributed by atoms with Crippen LogP contribution < -0.4 is 4.80 Å². The predicted molar refractivity (Wildman–Crippen MR) is 108 cm³/mol. The number of carbonyl (C=O) groups excluding carboxylic acids is 1. The lowest BCUT2D eigenvalue weighted by molar-refractivity contribution is -0.141. The third kappa shape index (κ3) is 5.06. The number of halogens is 7. The number of amides is 1. The number of carboxylic acids is 1. The number of rotatable bonds is 4. The lowest BCUT2D eigenvalue weighted by Gasteiger charge is -2.15. The molecule has 2 aromatic carbocycles. The fourth-order valence-corrected chi connectivity index (χ4v) is 4.47. The summed E-state index contributed by atoms with van der Waals surface area (Å²) >= 11 is 6.66. The highest BCUT2D eigenvalue weighted by Gasteiger charge is 2.33. The molecule has 0 aliphatic carbocycles. The summed E-state index contributed by atoms with van der Waals surface area (Å²) in [4.78, 5) is 27.8. The third-order valence-corrected chi connectivity index (χ3v) is 6.14. The van der Waals surface area contributed by atoms with Crippen molar-refractivity contribution >= 4 is 45.0 Å². The Bertz CT molecular complexity index is 1310. The van der Waals surface area contributed by atoms with Crippen LogP contribution in [0.1, 0.15) is 40.9 Å². The van der Waals surface area contributed by atoms with Gasteiger partial charge < -0.3 is 9.67 Å². The molecule has 1 atom stereocenters. The first kappa shape index (κ1) is 24.8. The van der Waals surface area contributed by atoms with Gasteiger partial charge in [0, 0.05) is 5.56 Å². The van der Waals surface area contributed by atoms with E-state index in [0.29, 0.717) is 29.5 Å². The van der Waals surface area contributed by atoms with Crippen molar-refractivity contribution in [3.05, 3.63) is 62.9 Å². The van der Waals surface area contributed by atoms with Gasteiger partial charge in [-0.15, -0.1) is 0 Å². The Kier molecular flexibility index (Phi) is 6.62. The molecule has 0 saturated heterocycles. The Morgan fingerprint density at radius 2 is 1.73 bits per heavy atom. The van der Waals surface area contributed by atoms with Gasteiger partial charge in [0.1, 0.15) is 6.04 Å². The fraction of sp³-hybridized carbons (Fsp3) is 0.250. The summed E-state index contributed by atoms with van der Waals surface area (Å²) in [6.45, 7) is 1.46. The molecular formula is C20H13ClF6N2O3S. The SMILES string of the molecule is CCC(C(=O)O)n1c(=NC(=O)c2cccc(C(F)(F)F)c2)sc2c(Cl)cc(C(F)(F)F)cc21. The topological polar surface area (TPSA) is 71.7 Å². The number of hydrogen-bond acceptors (Lipinski definition) is 3. The number of benzene rings is 2. The number of thiazole rings is 1. The van der Waals surface area contributed by atoms with Crippen LogP contribution in [0.3, 0.4) is 0 Å². The minimum atomic E-state index is -4.78. The summed E-state index contributed by atoms with van der Waals surface area (Å²) in [5, 5.41) is 9.24. The molecule has 5 nitrogen and oxygen atoms in total. The smallest absolute Gasteiger partial charge is 0.416 e. The molecule has 33 heavy (non-hydrogen) atoms. The first-order valence-corrected chi connectivity index (χ1v) is 10.3. The largest absolute Gasteiger partial charge is 0.480 e. The van der Waals surface area contributed by atoms with Crippen molar-refractivity contribution in [3.63, 3.8) is 0 Å². The van der Waals surface area contributed by atoms with Crippen LogP contribution in [0.4, 0.5) is 26.3 Å². The molecule has 1 amide bonds. The number of aliphatic carboxylic acids is 1. The summed E-state index contributed by atoms with van der Waals surface area (Å²) in [6.07, 6.45) is -9.58. The van der Waals surface area contributed by atoms with E-state index >= 15 is 0 Å². The first-order chi connectivity index (χ1) is 15.2. The van der Waals surface area contributed by atoms with Crippen molar-refractivity contribution in [2.75, 3.05) is 0 Å². The Labute approximate surface area is 190 Å². The zero-order chi connectivity index (χ0) is 24.7. The fourth-order valence-electron chi connectivity index (χ4n) is 3.09. The van der Waals surface area contributed by atoms with Gasteiger partial charge in [-0.1, -0.05) is 35.9 Å². The van der Waals surface area contributed by atoms with E-state index in [0.717, 1.165) is 22.8 Å². The van der Waals surface area contributed by atoms with Crippen molar-refractivity contribution in [2.24, 2.45) is 4.99 Å². The summed E-state index contributed by atoms with van der Waals surface area (Å²) in [7, 11) is 0. The van der Waals surface area contributed by atoms with Crippen LogP contribution in [0.2, 0.25) is 5.02 Å². The Morgan fingerprint density at radius 3 is 2.27 bits per heavy atom. The molecule has 0 aliphatic heterocycles. The van der Waals surface area contributed by atoms with Crippen LogP contribution in [0.15, 0.2) is 41.4 Å². The maximum absolute atomic E-state index is 13.3. The average Bonchev–Trinajstić information content (AvgIpc) is 3.06. The van der Waals surface area contributed by atoms with Gasteiger partial charge in [0.15, 0.2) is 4.80 Å². The first-order valence-electron chi connectivity index (χ1n) is 9.15. The van der Waals surface area contributed by atoms with Crippen molar-refractivity contribution in [2.45, 2.75) is 31.7 Å². The number of alkyl halides is 6. The maximum Gasteiger partial charge on any atom is 0.416 e. The van der Waals surface area contributed by atoms with Crippen LogP contribution >= 0.6 is 22.9 Å². The molecule has 0 saturated carbocycles. The van der Waals surface area contributed by atoms with E-state index in [1.807, 2.05) is 0 Å². The molecule has 0 radical (unpaired) electrons. The molecule has 1 unspecified atom stereocenters. The second-order valence-corrected chi connectivity index (χ2v) is 8.20. The van der Waals surface area contributed by atoms with Crippen LogP contribution in [-0.2, 0) is 17.1 Å². The van der Waals surface area contributed by atoms with E-state index in [1.54, 1.807) is 0 Å². The molecule has 176 valence electrons. The average molecular weight is 511 g/mol. The lowest BCUT2D eigenvalue weighted by atomic mass is 10.1. The minimum Gasteiger partial charge on any atom is -0.480 e. The summed E-state index contributed by atoms with van der Waals surface area (Å²) < 4.78 is 79.7. The Balaban J connectivity index is 2.30. The van der Waals surface area contributed by atoms with E-state index in [9.17, 15) is 41.0 Å². The maximum atomic E-state index is 13.3. The van der Waals surface area contributed by atoms with E-state index < -0.39 is 47.0 Å². The number of aromatic nitrogens is 1. The number of hydrogen-bond donors (Lipinski definition) is 1. The van der Waals surface area contributed by atoms with Gasteiger partial charge >= 0.3 is 18.3 Å². The van der Waals surface area contributed by atoms with E-state index in [2.05, 4.69) is 4.99 Å². The number of carbonyl (C=O) groups is 2. The second kappa shape index (κ2) is 8.82. The van der Waals surface area contributed by atoms with Crippen molar-refractivity contribution in [1.29, 1.82) is 0 Å². The van der Waals surface area contributed by atoms with Gasteiger partial charge in [-0.25, -0.2) is 4.79 Å². The van der Waals surface area contributed by atoms with E-state index in [-0.39, 0.29) is 26.5 Å². The monoisotopic (exact) mass is 510 g/mol. The molecule has 3 rings (SSSR count). The number of fused-ring (bicyclic) bond motifs is 1. The molecule has 0 aliphatic rings. The van der Waals surface area contributed by atoms with Gasteiger partial charge in [0.05, 0.1) is 26.4 Å². The minimum absolute atomic E-state index is 0.0416. The Hall–Kier alpha value is -2.86. The zero-order valence-electron chi connectivity index (χ0n) is 16.5. The highest BCUT2D eigenvalue weighted by molar-refractivity contribution is 7.17. The molecule has 1 aromatic heterocycles. The van der Waals surface area contributed by atoms with Crippen molar-refractivity contribution in [3.8, 4) is 0 Å². The molecule has 1 heterocycles. The number of nitrogens with zero attached hydrogens (tertiary/aromatic N) is 2. The third-order valence-electron chi connectivity index (χ3n) is 4.63. The van der Waals surface area contributed by atoms with Crippen molar-refractivity contribution < 1.29 is 41.0 Å². The van der Waals surface area contributed by atoms with Gasteiger partial charge in [-0.2, -0.15) is 31.3 Å². The molecule has 1 N–H and O–H groups in total. The highest BCUT2D eigenvalue weighted by Crippen LogP contribution is 2.37. The standard InChI is InChI=1S/C20H13ClF6N2O3S/c1-2-13(17(31)32)29-14-8-11(20(25,26)27)7-12(21)15(14)33-18(29)28-16(30)9-4-3-5-10(6-9)19(22,23)24/h3-8,13H,2H2,1H3,(H,31,32). The predicted octanol–water partition coefficient (Wildman–Crippen LogP) is 6.17. The molecular weight excluding hydrogens is 498 g/mol. The normalized spacial score (nSPS) is 14.0. The van der Waals surface area contributed by atoms with E-state index in [4.69, 9.17) is 11.6 Å². The number of carboxylic acid groups (broad SMARTS) is 1. The highest BCUT2D eigenvalue weighted by atomic mass is 35.5. The Morgan fingerprint density at radius 1 is 1.09 bits per heavy atom. The molecule has 0 spiro atoms. The summed E-state index contributed by atoms with van der Waals surface area (Å²) in [5.74, 6) is -2.53. The lowest BCUT2D eigenvalue weighted by Crippen LogP contribution is -2.27. The molecule has 3 aromatic rings. The van der Waals surface area contributed by atoms with Crippen LogP contribution in [-0.4, -0.2) is 21.6 Å².